The highest BCUT2D eigenvalue weighted by molar-refractivity contribution is 7.94. The summed E-state index contributed by atoms with van der Waals surface area (Å²) >= 11 is 0.848. The number of benzene rings is 4. The first-order valence-corrected chi connectivity index (χ1v) is 18.3. The fourth-order valence-corrected chi connectivity index (χ4v) is 6.65. The number of hydrogen-bond donors (Lipinski definition) is 4. The van der Waals surface area contributed by atoms with E-state index < -0.39 is 51.3 Å². The van der Waals surface area contributed by atoms with Crippen LogP contribution in [0.4, 0.5) is 17.1 Å². The minimum Gasteiger partial charge on any atom is -0.491 e. The van der Waals surface area contributed by atoms with Gasteiger partial charge in [0.25, 0.3) is 20.2 Å². The minimum atomic E-state index is -5.06. The van der Waals surface area contributed by atoms with Gasteiger partial charge in [0.1, 0.15) is 15.5 Å². The van der Waals surface area contributed by atoms with Gasteiger partial charge in [-0.15, -0.1) is 9.45 Å². The maximum atomic E-state index is 13.3. The molecule has 0 atom stereocenters. The first-order chi connectivity index (χ1) is 22.0. The lowest BCUT2D eigenvalue weighted by Gasteiger charge is -2.14. The maximum absolute atomic E-state index is 13.3. The van der Waals surface area contributed by atoms with E-state index in [-0.39, 0.29) is 39.7 Å². The van der Waals surface area contributed by atoms with Crippen molar-refractivity contribution in [1.29, 1.82) is 0 Å². The Morgan fingerprint density at radius 3 is 2.13 bits per heavy atom. The zero-order chi connectivity index (χ0) is 34.6. The lowest BCUT2D eigenvalue weighted by molar-refractivity contribution is -0.432. The van der Waals surface area contributed by atoms with Crippen molar-refractivity contribution in [1.82, 2.24) is 0 Å². The van der Waals surface area contributed by atoms with Gasteiger partial charge in [-0.25, -0.2) is 5.26 Å². The SMILES string of the molecule is Cc1ccc(S(=O)(=O)Oc2cc(S(=O)(=O)O)cc3c(S(=O)(=O)O)ccc(N=Nc4cc(OCCCSOOO)c(N)cc4C)c23)cc1. The molecule has 0 heterocycles. The molecule has 0 aromatic heterocycles. The van der Waals surface area contributed by atoms with E-state index in [0.717, 1.165) is 29.7 Å². The molecular weight excluding hydrogens is 703 g/mol. The molecule has 0 unspecified atom stereocenters. The van der Waals surface area contributed by atoms with E-state index in [2.05, 4.69) is 19.6 Å². The Morgan fingerprint density at radius 2 is 1.49 bits per heavy atom. The average molecular weight is 730 g/mol. The molecule has 0 amide bonds. The van der Waals surface area contributed by atoms with Crippen LogP contribution in [0.5, 0.6) is 11.5 Å². The maximum Gasteiger partial charge on any atom is 0.339 e. The molecular formula is C27H27N3O13S4. The molecule has 4 aromatic rings. The second kappa shape index (κ2) is 14.5. The topological polar surface area (TPSA) is 251 Å². The fraction of sp³-hybridized carbons (Fsp3) is 0.185. The molecule has 5 N–H and O–H groups in total. The summed E-state index contributed by atoms with van der Waals surface area (Å²) in [7, 11) is -14.8. The van der Waals surface area contributed by atoms with Crippen molar-refractivity contribution >= 4 is 70.2 Å². The van der Waals surface area contributed by atoms with Crippen LogP contribution in [0.1, 0.15) is 17.5 Å². The molecule has 4 rings (SSSR count). The van der Waals surface area contributed by atoms with E-state index in [4.69, 9.17) is 19.9 Å². The van der Waals surface area contributed by atoms with Gasteiger partial charge in [0.2, 0.25) is 0 Å². The number of hydrogen-bond acceptors (Lipinski definition) is 15. The summed E-state index contributed by atoms with van der Waals surface area (Å²) in [5.41, 5.74) is 7.65. The van der Waals surface area contributed by atoms with Crippen LogP contribution in [0.2, 0.25) is 0 Å². The normalized spacial score (nSPS) is 12.5. The highest BCUT2D eigenvalue weighted by atomic mass is 32.2. The number of fused-ring (bicyclic) bond motifs is 1. The molecule has 0 saturated carbocycles. The Hall–Kier alpha value is -3.86. The number of rotatable bonds is 14. The van der Waals surface area contributed by atoms with Crippen molar-refractivity contribution in [3.8, 4) is 11.5 Å². The van der Waals surface area contributed by atoms with E-state index >= 15 is 0 Å². The van der Waals surface area contributed by atoms with Crippen LogP contribution in [0.25, 0.3) is 10.8 Å². The average Bonchev–Trinajstić information content (AvgIpc) is 2.98. The monoisotopic (exact) mass is 729 g/mol. The lowest BCUT2D eigenvalue weighted by Crippen LogP contribution is -2.11. The highest BCUT2D eigenvalue weighted by Crippen LogP contribution is 2.42. The predicted molar refractivity (Wildman–Crippen MR) is 170 cm³/mol. The summed E-state index contributed by atoms with van der Waals surface area (Å²) in [4.78, 5) is -2.08. The molecule has 16 nitrogen and oxygen atoms in total. The quantitative estimate of drug-likeness (QED) is 0.0181. The number of aryl methyl sites for hydroxylation is 2. The van der Waals surface area contributed by atoms with Gasteiger partial charge in [-0.2, -0.15) is 30.4 Å². The first kappa shape index (κ1) is 36.0. The van der Waals surface area contributed by atoms with Gasteiger partial charge in [0, 0.05) is 35.3 Å². The molecule has 252 valence electrons. The van der Waals surface area contributed by atoms with E-state index in [1.807, 2.05) is 0 Å². The van der Waals surface area contributed by atoms with Gasteiger partial charge in [-0.3, -0.25) is 9.11 Å². The van der Waals surface area contributed by atoms with Crippen molar-refractivity contribution in [3.63, 3.8) is 0 Å². The number of ether oxygens (including phenoxy) is 1. The Labute approximate surface area is 273 Å². The van der Waals surface area contributed by atoms with Crippen molar-refractivity contribution in [2.24, 2.45) is 10.2 Å². The van der Waals surface area contributed by atoms with E-state index in [1.165, 1.54) is 30.3 Å². The number of anilines is 1. The first-order valence-electron chi connectivity index (χ1n) is 13.1. The second-order valence-corrected chi connectivity index (χ2v) is 14.9. The largest absolute Gasteiger partial charge is 0.491 e. The summed E-state index contributed by atoms with van der Waals surface area (Å²) in [6, 6.07) is 11.9. The summed E-state index contributed by atoms with van der Waals surface area (Å²) in [6.07, 6.45) is 0.476. The summed E-state index contributed by atoms with van der Waals surface area (Å²) in [5.74, 6) is -0.0809. The Balaban J connectivity index is 1.87. The van der Waals surface area contributed by atoms with E-state index in [9.17, 15) is 34.4 Å². The van der Waals surface area contributed by atoms with Crippen molar-refractivity contribution in [2.75, 3.05) is 18.1 Å². The van der Waals surface area contributed by atoms with Crippen LogP contribution in [-0.4, -0.2) is 52.0 Å². The standard InChI is InChI=1S/C27H27N3O13S4/c1-16-4-6-18(7-5-16)47(38,39)41-25-14-19(45(32,33)34)13-20-26(46(35,36)37)9-8-22(27(20)25)29-30-23-15-24(21(28)12-17(23)2)40-10-3-11-44-43-42-31/h4-9,12-15,31H,3,10-11,28H2,1-2H3,(H,32,33,34)(H,35,36,37). The van der Waals surface area contributed by atoms with Gasteiger partial charge >= 0.3 is 10.1 Å². The molecule has 0 aliphatic rings. The molecule has 47 heavy (non-hydrogen) atoms. The lowest BCUT2D eigenvalue weighted by atomic mass is 10.1. The van der Waals surface area contributed by atoms with Crippen molar-refractivity contribution < 1.29 is 57.9 Å². The smallest absolute Gasteiger partial charge is 0.339 e. The van der Waals surface area contributed by atoms with E-state index in [1.54, 1.807) is 19.9 Å². The zero-order valence-corrected chi connectivity index (χ0v) is 27.7. The van der Waals surface area contributed by atoms with Gasteiger partial charge in [0.15, 0.2) is 5.75 Å². The van der Waals surface area contributed by atoms with Crippen LogP contribution in [0, 0.1) is 13.8 Å². The van der Waals surface area contributed by atoms with Crippen molar-refractivity contribution in [2.45, 2.75) is 35.0 Å². The molecule has 0 bridgehead atoms. The van der Waals surface area contributed by atoms with Gasteiger partial charge in [-0.05, 0) is 62.2 Å². The third-order valence-corrected chi connectivity index (χ3v) is 9.98. The van der Waals surface area contributed by atoms with Crippen LogP contribution < -0.4 is 14.7 Å². The van der Waals surface area contributed by atoms with Crippen LogP contribution in [-0.2, 0) is 39.7 Å². The molecule has 0 fully saturated rings. The number of nitrogens with zero attached hydrogens (tertiary/aromatic N) is 2. The third kappa shape index (κ3) is 8.94. The second-order valence-electron chi connectivity index (χ2n) is 9.77. The molecule has 0 aliphatic carbocycles. The molecule has 4 aromatic carbocycles. The van der Waals surface area contributed by atoms with Gasteiger partial charge in [-0.1, -0.05) is 22.7 Å². The molecule has 0 spiro atoms. The molecule has 0 saturated heterocycles. The van der Waals surface area contributed by atoms with Gasteiger partial charge in [0.05, 0.1) is 34.0 Å². The number of nitrogens with two attached hydrogens (primary N) is 1. The molecule has 20 heteroatoms. The van der Waals surface area contributed by atoms with Gasteiger partial charge < -0.3 is 14.7 Å². The predicted octanol–water partition coefficient (Wildman–Crippen LogP) is 5.55. The summed E-state index contributed by atoms with van der Waals surface area (Å²) in [6.45, 7) is 3.58. The Kier molecular flexibility index (Phi) is 11.1. The third-order valence-electron chi connectivity index (χ3n) is 6.38. The fourth-order valence-electron chi connectivity index (χ4n) is 4.17. The van der Waals surface area contributed by atoms with Crippen LogP contribution in [0.3, 0.4) is 0 Å². The Bertz CT molecular complexity index is 2160. The number of nitrogen functional groups attached to an aromatic ring is 1. The van der Waals surface area contributed by atoms with Crippen LogP contribution >= 0.6 is 12.0 Å². The van der Waals surface area contributed by atoms with E-state index in [0.29, 0.717) is 29.9 Å². The highest BCUT2D eigenvalue weighted by Gasteiger charge is 2.26. The number of azo groups is 1. The van der Waals surface area contributed by atoms with Crippen molar-refractivity contribution in [3.05, 3.63) is 71.8 Å². The molecule has 0 aliphatic heterocycles. The Morgan fingerprint density at radius 1 is 0.809 bits per heavy atom. The van der Waals surface area contributed by atoms with Crippen LogP contribution in [0.15, 0.2) is 85.6 Å². The zero-order valence-electron chi connectivity index (χ0n) is 24.4. The summed E-state index contributed by atoms with van der Waals surface area (Å²) in [5, 5.41) is 19.1. The molecule has 0 radical (unpaired) electrons. The minimum absolute atomic E-state index is 0.194. The summed E-state index contributed by atoms with van der Waals surface area (Å²) < 4.78 is 110.